The molecule has 2 N–H and O–H groups in total. The number of rotatable bonds is 11. The Morgan fingerprint density at radius 1 is 1.18 bits per heavy atom. The van der Waals surface area contributed by atoms with Crippen molar-refractivity contribution in [1.29, 1.82) is 5.26 Å². The smallest absolute Gasteiger partial charge is 0.413 e. The highest BCUT2D eigenvalue weighted by molar-refractivity contribution is 5.84. The van der Waals surface area contributed by atoms with Gasteiger partial charge in [-0.15, -0.1) is 0 Å². The molecule has 2 aliphatic rings. The van der Waals surface area contributed by atoms with Gasteiger partial charge in [0.15, 0.2) is 5.82 Å². The summed E-state index contributed by atoms with van der Waals surface area (Å²) in [6.07, 6.45) is 10.9. The lowest BCUT2D eigenvalue weighted by molar-refractivity contribution is 0.0734. The molecule has 2 atom stereocenters. The van der Waals surface area contributed by atoms with Gasteiger partial charge in [0.1, 0.15) is 5.60 Å². The molecule has 2 aromatic rings. The van der Waals surface area contributed by atoms with E-state index in [1.54, 1.807) is 13.8 Å². The van der Waals surface area contributed by atoms with Crippen LogP contribution < -0.4 is 9.80 Å². The Labute approximate surface area is 232 Å². The number of nitriles is 1. The molecule has 39 heavy (non-hydrogen) atoms. The summed E-state index contributed by atoms with van der Waals surface area (Å²) in [5.74, 6) is 1.00. The van der Waals surface area contributed by atoms with E-state index in [0.29, 0.717) is 35.0 Å². The number of anilines is 2. The van der Waals surface area contributed by atoms with Crippen LogP contribution in [0.3, 0.4) is 0 Å². The van der Waals surface area contributed by atoms with Gasteiger partial charge in [0.25, 0.3) is 0 Å². The standard InChI is InChI=1S/C31H43N5O3/c1-5-6-7-14-35(26-16-23(17-32)9-8-22(26)2)21-25-15-24(10-11-31(25)12-13-31)20-36(29(37)38)28-19-33-27(18-34-28)30(3,4)39/h8-9,16,18-19,24-25,39H,5-7,10-15,20-21H2,1-4H3,(H,37,38). The molecule has 4 rings (SSSR count). The normalized spacial score (nSPS) is 19.9. The van der Waals surface area contributed by atoms with Crippen molar-refractivity contribution in [3.8, 4) is 6.07 Å². The molecule has 8 nitrogen and oxygen atoms in total. The number of unbranched alkanes of at least 4 members (excludes halogenated alkanes) is 2. The van der Waals surface area contributed by atoms with Crippen LogP contribution in [0.5, 0.6) is 0 Å². The van der Waals surface area contributed by atoms with Gasteiger partial charge < -0.3 is 15.1 Å². The molecule has 0 saturated heterocycles. The van der Waals surface area contributed by atoms with Crippen LogP contribution in [-0.4, -0.2) is 45.9 Å². The monoisotopic (exact) mass is 533 g/mol. The minimum atomic E-state index is -1.14. The summed E-state index contributed by atoms with van der Waals surface area (Å²) in [6, 6.07) is 8.27. The SMILES string of the molecule is CCCCCN(CC1CC(CN(C(=O)O)c2cnc(C(C)(C)O)cn2)CCC12CC2)c1cc(C#N)ccc1C. The maximum Gasteiger partial charge on any atom is 0.413 e. The summed E-state index contributed by atoms with van der Waals surface area (Å²) < 4.78 is 0. The Hall–Kier alpha value is -3.18. The van der Waals surface area contributed by atoms with Crippen LogP contribution in [0.1, 0.15) is 89.0 Å². The van der Waals surface area contributed by atoms with Gasteiger partial charge in [-0.2, -0.15) is 5.26 Å². The highest BCUT2D eigenvalue weighted by Gasteiger charge is 2.52. The second-order valence-corrected chi connectivity index (χ2v) is 12.2. The molecule has 2 aliphatic carbocycles. The lowest BCUT2D eigenvalue weighted by Gasteiger charge is -2.41. The highest BCUT2D eigenvalue weighted by Crippen LogP contribution is 2.61. The van der Waals surface area contributed by atoms with Crippen LogP contribution in [0.4, 0.5) is 16.3 Å². The number of carbonyl (C=O) groups is 1. The van der Waals surface area contributed by atoms with Crippen molar-refractivity contribution in [2.24, 2.45) is 17.3 Å². The number of carboxylic acid groups (broad SMARTS) is 1. The van der Waals surface area contributed by atoms with E-state index < -0.39 is 11.7 Å². The van der Waals surface area contributed by atoms with Gasteiger partial charge >= 0.3 is 6.09 Å². The van der Waals surface area contributed by atoms with E-state index in [2.05, 4.69) is 34.8 Å². The summed E-state index contributed by atoms with van der Waals surface area (Å²) in [7, 11) is 0. The third-order valence-corrected chi connectivity index (χ3v) is 8.79. The lowest BCUT2D eigenvalue weighted by atomic mass is 9.71. The molecule has 2 fully saturated rings. The van der Waals surface area contributed by atoms with Gasteiger partial charge in [-0.1, -0.05) is 25.8 Å². The van der Waals surface area contributed by atoms with Gasteiger partial charge in [0.2, 0.25) is 0 Å². The molecule has 1 aromatic carbocycles. The van der Waals surface area contributed by atoms with Gasteiger partial charge in [-0.25, -0.2) is 9.78 Å². The fraction of sp³-hybridized carbons (Fsp3) is 0.613. The first-order valence-electron chi connectivity index (χ1n) is 14.4. The van der Waals surface area contributed by atoms with E-state index in [-0.39, 0.29) is 5.92 Å². The zero-order valence-electron chi connectivity index (χ0n) is 23.9. The third kappa shape index (κ3) is 6.88. The first-order valence-corrected chi connectivity index (χ1v) is 14.4. The molecule has 1 heterocycles. The number of hydrogen-bond acceptors (Lipinski definition) is 6. The van der Waals surface area contributed by atoms with Crippen LogP contribution in [-0.2, 0) is 5.60 Å². The molecule has 1 aromatic heterocycles. The second kappa shape index (κ2) is 11.9. The molecule has 1 amide bonds. The Balaban J connectivity index is 1.52. The Kier molecular flexibility index (Phi) is 8.80. The van der Waals surface area contributed by atoms with Crippen molar-refractivity contribution in [3.05, 3.63) is 47.4 Å². The minimum Gasteiger partial charge on any atom is -0.465 e. The zero-order valence-corrected chi connectivity index (χ0v) is 23.9. The number of aromatic nitrogens is 2. The van der Waals surface area contributed by atoms with E-state index in [0.717, 1.165) is 50.9 Å². The zero-order chi connectivity index (χ0) is 28.2. The van der Waals surface area contributed by atoms with Crippen molar-refractivity contribution in [1.82, 2.24) is 9.97 Å². The molecule has 1 spiro atoms. The summed E-state index contributed by atoms with van der Waals surface area (Å²) >= 11 is 0. The topological polar surface area (TPSA) is 114 Å². The molecule has 2 unspecified atom stereocenters. The first kappa shape index (κ1) is 28.8. The number of benzene rings is 1. The third-order valence-electron chi connectivity index (χ3n) is 8.79. The van der Waals surface area contributed by atoms with Crippen molar-refractivity contribution in [2.75, 3.05) is 29.4 Å². The Morgan fingerprint density at radius 2 is 1.95 bits per heavy atom. The van der Waals surface area contributed by atoms with Crippen molar-refractivity contribution in [3.63, 3.8) is 0 Å². The maximum absolute atomic E-state index is 12.3. The van der Waals surface area contributed by atoms with Gasteiger partial charge in [0, 0.05) is 25.3 Å². The van der Waals surface area contributed by atoms with Crippen LogP contribution in [0, 0.1) is 35.5 Å². The van der Waals surface area contributed by atoms with E-state index >= 15 is 0 Å². The molecular formula is C31H43N5O3. The van der Waals surface area contributed by atoms with Gasteiger partial charge in [0.05, 0.1) is 29.7 Å². The van der Waals surface area contributed by atoms with Crippen molar-refractivity contribution < 1.29 is 15.0 Å². The molecule has 0 radical (unpaired) electrons. The largest absolute Gasteiger partial charge is 0.465 e. The average Bonchev–Trinajstić information content (AvgIpc) is 3.68. The van der Waals surface area contributed by atoms with Crippen LogP contribution >= 0.6 is 0 Å². The van der Waals surface area contributed by atoms with Crippen LogP contribution in [0.2, 0.25) is 0 Å². The summed E-state index contributed by atoms with van der Waals surface area (Å²) in [4.78, 5) is 24.7. The van der Waals surface area contributed by atoms with E-state index in [1.165, 1.54) is 42.1 Å². The van der Waals surface area contributed by atoms with Crippen LogP contribution in [0.15, 0.2) is 30.6 Å². The molecule has 0 aliphatic heterocycles. The fourth-order valence-corrected chi connectivity index (χ4v) is 6.17. The van der Waals surface area contributed by atoms with E-state index in [4.69, 9.17) is 0 Å². The second-order valence-electron chi connectivity index (χ2n) is 12.2. The number of aliphatic hydroxyl groups is 1. The first-order chi connectivity index (χ1) is 18.6. The average molecular weight is 534 g/mol. The van der Waals surface area contributed by atoms with Gasteiger partial charge in [-0.05, 0) is 94.2 Å². The van der Waals surface area contributed by atoms with Crippen LogP contribution in [0.25, 0.3) is 0 Å². The Bertz CT molecular complexity index is 1180. The predicted octanol–water partition coefficient (Wildman–Crippen LogP) is 6.26. The molecule has 0 bridgehead atoms. The minimum absolute atomic E-state index is 0.233. The Morgan fingerprint density at radius 3 is 2.54 bits per heavy atom. The fourth-order valence-electron chi connectivity index (χ4n) is 6.17. The molecule has 210 valence electrons. The number of hydrogen-bond donors (Lipinski definition) is 2. The van der Waals surface area contributed by atoms with Crippen molar-refractivity contribution in [2.45, 2.75) is 84.7 Å². The quantitative estimate of drug-likeness (QED) is 0.328. The summed E-state index contributed by atoms with van der Waals surface area (Å²) in [5, 5.41) is 29.8. The van der Waals surface area contributed by atoms with E-state index in [9.17, 15) is 20.3 Å². The summed E-state index contributed by atoms with van der Waals surface area (Å²) in [5.41, 5.74) is 2.66. The summed E-state index contributed by atoms with van der Waals surface area (Å²) in [6.45, 7) is 9.88. The number of amides is 1. The molecular weight excluding hydrogens is 490 g/mol. The lowest BCUT2D eigenvalue weighted by Crippen LogP contribution is -2.42. The van der Waals surface area contributed by atoms with Gasteiger partial charge in [-0.3, -0.25) is 9.88 Å². The molecule has 2 saturated carbocycles. The number of aryl methyl sites for hydroxylation is 1. The van der Waals surface area contributed by atoms with Crippen molar-refractivity contribution >= 4 is 17.6 Å². The highest BCUT2D eigenvalue weighted by atomic mass is 16.4. The molecule has 8 heteroatoms. The predicted molar refractivity (Wildman–Crippen MR) is 153 cm³/mol. The number of nitrogens with zero attached hydrogens (tertiary/aromatic N) is 5. The maximum atomic E-state index is 12.3. The van der Waals surface area contributed by atoms with E-state index in [1.807, 2.05) is 18.2 Å².